The Balaban J connectivity index is 1.80. The molecule has 2 aromatic rings. The van der Waals surface area contributed by atoms with Crippen LogP contribution in [0.4, 0.5) is 0 Å². The van der Waals surface area contributed by atoms with Crippen molar-refractivity contribution in [2.75, 3.05) is 26.0 Å². The topological polar surface area (TPSA) is 83.9 Å². The number of halogens is 2. The molecule has 0 aliphatic rings. The molecule has 0 aliphatic heterocycles. The van der Waals surface area contributed by atoms with Crippen molar-refractivity contribution >= 4 is 50.5 Å². The summed E-state index contributed by atoms with van der Waals surface area (Å²) in [5.74, 6) is -0.412. The van der Waals surface area contributed by atoms with Gasteiger partial charge < -0.3 is 9.84 Å². The molecule has 0 aliphatic carbocycles. The number of aryl methyl sites for hydroxylation is 1. The first kappa shape index (κ1) is 23.0. The predicted molar refractivity (Wildman–Crippen MR) is 113 cm³/mol. The lowest BCUT2D eigenvalue weighted by molar-refractivity contribution is 0.0702. The fraction of sp³-hybridized carbons (Fsp3) is 0.389. The van der Waals surface area contributed by atoms with Gasteiger partial charge in [-0.2, -0.15) is 0 Å². The van der Waals surface area contributed by atoms with E-state index in [0.717, 1.165) is 4.88 Å². The highest BCUT2D eigenvalue weighted by Crippen LogP contribution is 2.24. The monoisotopic (exact) mass is 465 g/mol. The smallest absolute Gasteiger partial charge is 0.345 e. The third kappa shape index (κ3) is 7.60. The van der Waals surface area contributed by atoms with Crippen LogP contribution in [0.2, 0.25) is 10.0 Å². The molecule has 1 aromatic heterocycles. The number of rotatable bonds is 11. The Bertz CT molecular complexity index is 894. The highest BCUT2D eigenvalue weighted by Gasteiger charge is 2.16. The molecule has 154 valence electrons. The minimum absolute atomic E-state index is 0.285. The van der Waals surface area contributed by atoms with Gasteiger partial charge in [-0.15, -0.1) is 11.3 Å². The summed E-state index contributed by atoms with van der Waals surface area (Å²) in [7, 11) is -3.34. The molecule has 1 heterocycles. The van der Waals surface area contributed by atoms with Crippen LogP contribution in [0, 0.1) is 0 Å². The molecule has 1 N–H and O–H groups in total. The number of benzene rings is 1. The average molecular weight is 466 g/mol. The van der Waals surface area contributed by atoms with Gasteiger partial charge in [0.25, 0.3) is 0 Å². The van der Waals surface area contributed by atoms with Gasteiger partial charge in [-0.3, -0.25) is 0 Å². The number of carboxylic acids is 1. The zero-order valence-electron chi connectivity index (χ0n) is 15.2. The van der Waals surface area contributed by atoms with Crippen molar-refractivity contribution in [2.24, 2.45) is 0 Å². The van der Waals surface area contributed by atoms with Crippen molar-refractivity contribution in [1.82, 2.24) is 4.31 Å². The molecule has 0 saturated heterocycles. The summed E-state index contributed by atoms with van der Waals surface area (Å²) in [6.07, 6.45) is 2.93. The van der Waals surface area contributed by atoms with Crippen molar-refractivity contribution in [3.05, 3.63) is 50.1 Å². The minimum Gasteiger partial charge on any atom is -0.493 e. The number of aromatic carboxylic acids is 1. The molecule has 0 bridgehead atoms. The molecule has 2 rings (SSSR count). The van der Waals surface area contributed by atoms with Gasteiger partial charge in [0.05, 0.1) is 12.9 Å². The molecule has 0 unspecified atom stereocenters. The van der Waals surface area contributed by atoms with Crippen LogP contribution in [0.25, 0.3) is 0 Å². The Morgan fingerprint density at radius 2 is 1.79 bits per heavy atom. The molecule has 0 fully saturated rings. The van der Waals surface area contributed by atoms with Gasteiger partial charge in [-0.25, -0.2) is 17.5 Å². The molecule has 0 amide bonds. The Morgan fingerprint density at radius 3 is 2.36 bits per heavy atom. The Hall–Kier alpha value is -1.32. The first-order valence-electron chi connectivity index (χ1n) is 8.51. The normalized spacial score (nSPS) is 11.7. The lowest BCUT2D eigenvalue weighted by atomic mass is 10.2. The molecular formula is C18H21Cl2NO5S2. The van der Waals surface area contributed by atoms with Gasteiger partial charge in [-0.1, -0.05) is 23.2 Å². The molecular weight excluding hydrogens is 445 g/mol. The molecule has 0 atom stereocenters. The van der Waals surface area contributed by atoms with Gasteiger partial charge in [0.2, 0.25) is 10.0 Å². The minimum atomic E-state index is -3.34. The average Bonchev–Trinajstić information content (AvgIpc) is 3.04. The predicted octanol–water partition coefficient (Wildman–Crippen LogP) is 4.42. The van der Waals surface area contributed by atoms with Crippen molar-refractivity contribution in [1.29, 1.82) is 0 Å². The van der Waals surface area contributed by atoms with E-state index in [2.05, 4.69) is 0 Å². The second kappa shape index (κ2) is 10.5. The van der Waals surface area contributed by atoms with Crippen LogP contribution in [0.15, 0.2) is 30.3 Å². The second-order valence-electron chi connectivity index (χ2n) is 6.14. The number of carbonyl (C=O) groups is 1. The fourth-order valence-electron chi connectivity index (χ4n) is 2.54. The van der Waals surface area contributed by atoms with Gasteiger partial charge in [0.1, 0.15) is 10.6 Å². The van der Waals surface area contributed by atoms with E-state index < -0.39 is 16.0 Å². The number of nitrogens with zero attached hydrogens (tertiary/aromatic N) is 1. The quantitative estimate of drug-likeness (QED) is 0.496. The number of hydrogen-bond acceptors (Lipinski definition) is 5. The maximum absolute atomic E-state index is 12.0. The molecule has 1 aromatic carbocycles. The van der Waals surface area contributed by atoms with E-state index in [0.29, 0.717) is 54.8 Å². The zero-order chi connectivity index (χ0) is 20.7. The van der Waals surface area contributed by atoms with E-state index in [1.54, 1.807) is 30.3 Å². The number of thiophene rings is 1. The Kier molecular flexibility index (Phi) is 8.57. The van der Waals surface area contributed by atoms with Crippen LogP contribution in [-0.4, -0.2) is 49.8 Å². The van der Waals surface area contributed by atoms with Crippen LogP contribution in [-0.2, 0) is 16.4 Å². The zero-order valence-corrected chi connectivity index (χ0v) is 18.4. The largest absolute Gasteiger partial charge is 0.493 e. The van der Waals surface area contributed by atoms with Gasteiger partial charge in [0, 0.05) is 28.0 Å². The van der Waals surface area contributed by atoms with E-state index in [9.17, 15) is 13.2 Å². The number of carboxylic acid groups (broad SMARTS) is 1. The third-order valence-electron chi connectivity index (χ3n) is 3.83. The van der Waals surface area contributed by atoms with Gasteiger partial charge in [-0.05, 0) is 49.6 Å². The highest BCUT2D eigenvalue weighted by atomic mass is 35.5. The summed E-state index contributed by atoms with van der Waals surface area (Å²) < 4.78 is 31.0. The third-order valence-corrected chi connectivity index (χ3v) is 6.70. The van der Waals surface area contributed by atoms with Crippen molar-refractivity contribution in [3.63, 3.8) is 0 Å². The molecule has 0 saturated carbocycles. The number of hydrogen-bond donors (Lipinski definition) is 1. The summed E-state index contributed by atoms with van der Waals surface area (Å²) >= 11 is 13.0. The van der Waals surface area contributed by atoms with Crippen molar-refractivity contribution in [3.8, 4) is 5.75 Å². The summed E-state index contributed by atoms with van der Waals surface area (Å²) in [5, 5.41) is 9.89. The van der Waals surface area contributed by atoms with E-state index >= 15 is 0 Å². The molecule has 6 nitrogen and oxygen atoms in total. The van der Waals surface area contributed by atoms with E-state index in [1.807, 2.05) is 0 Å². The molecule has 28 heavy (non-hydrogen) atoms. The first-order chi connectivity index (χ1) is 13.1. The van der Waals surface area contributed by atoms with Crippen molar-refractivity contribution < 1.29 is 23.1 Å². The summed E-state index contributed by atoms with van der Waals surface area (Å²) in [6.45, 7) is 1.02. The Labute approximate surface area is 178 Å². The number of ether oxygens (including phenoxy) is 1. The SMILES string of the molecule is CS(=O)(=O)N(CCCOc1cc(Cl)cc(Cl)c1)CCCc1ccc(C(=O)O)s1. The molecule has 10 heteroatoms. The van der Waals surface area contributed by atoms with Crippen LogP contribution in [0.5, 0.6) is 5.75 Å². The summed E-state index contributed by atoms with van der Waals surface area (Å²) in [4.78, 5) is 12.1. The second-order valence-corrected chi connectivity index (χ2v) is 10.2. The van der Waals surface area contributed by atoms with Crippen LogP contribution in [0.3, 0.4) is 0 Å². The van der Waals surface area contributed by atoms with E-state index in [-0.39, 0.29) is 4.88 Å². The lowest BCUT2D eigenvalue weighted by Gasteiger charge is -2.19. The summed E-state index contributed by atoms with van der Waals surface area (Å²) in [6, 6.07) is 8.23. The fourth-order valence-corrected chi connectivity index (χ4v) is 4.86. The maximum Gasteiger partial charge on any atom is 0.345 e. The molecule has 0 spiro atoms. The van der Waals surface area contributed by atoms with Gasteiger partial charge in [0.15, 0.2) is 0 Å². The standard InChI is InChI=1S/C18H21Cl2NO5S2/c1-28(24,25)21(7-2-4-16-5-6-17(27-16)18(22)23)8-3-9-26-15-11-13(19)10-14(20)12-15/h5-6,10-12H,2-4,7-9H2,1H3,(H,22,23). The number of sulfonamides is 1. The van der Waals surface area contributed by atoms with Crippen LogP contribution < -0.4 is 4.74 Å². The Morgan fingerprint density at radius 1 is 1.14 bits per heavy atom. The maximum atomic E-state index is 12.0. The highest BCUT2D eigenvalue weighted by molar-refractivity contribution is 7.88. The van der Waals surface area contributed by atoms with Crippen molar-refractivity contribution in [2.45, 2.75) is 19.3 Å². The first-order valence-corrected chi connectivity index (χ1v) is 11.9. The summed E-state index contributed by atoms with van der Waals surface area (Å²) in [5.41, 5.74) is 0. The molecule has 0 radical (unpaired) electrons. The van der Waals surface area contributed by atoms with Crippen LogP contribution >= 0.6 is 34.5 Å². The lowest BCUT2D eigenvalue weighted by Crippen LogP contribution is -2.33. The van der Waals surface area contributed by atoms with Gasteiger partial charge >= 0.3 is 5.97 Å². The van der Waals surface area contributed by atoms with Crippen LogP contribution in [0.1, 0.15) is 27.4 Å². The van der Waals surface area contributed by atoms with E-state index in [1.165, 1.54) is 21.9 Å². The van der Waals surface area contributed by atoms with E-state index in [4.69, 9.17) is 33.0 Å².